The van der Waals surface area contributed by atoms with Gasteiger partial charge in [-0.25, -0.2) is 0 Å². The van der Waals surface area contributed by atoms with Crippen LogP contribution in [-0.4, -0.2) is 20.8 Å². The van der Waals surface area contributed by atoms with Crippen molar-refractivity contribution < 1.29 is 14.2 Å². The van der Waals surface area contributed by atoms with E-state index in [1.54, 1.807) is 14.2 Å². The molecule has 0 saturated carbocycles. The van der Waals surface area contributed by atoms with E-state index < -0.39 is 5.60 Å². The number of ether oxygens (including phenoxy) is 3. The second-order valence-electron chi connectivity index (χ2n) is 7.89. The fourth-order valence-corrected chi connectivity index (χ4v) is 3.79. The van der Waals surface area contributed by atoms with Crippen molar-refractivity contribution in [3.8, 4) is 11.5 Å². The Morgan fingerprint density at radius 1 is 0.667 bits per heavy atom. The van der Waals surface area contributed by atoms with Crippen molar-refractivity contribution in [3.63, 3.8) is 0 Å². The molecule has 0 aromatic heterocycles. The average molecular weight is 405 g/mol. The van der Waals surface area contributed by atoms with Crippen molar-refractivity contribution in [2.75, 3.05) is 20.8 Å². The van der Waals surface area contributed by atoms with Crippen molar-refractivity contribution >= 4 is 0 Å². The third kappa shape index (κ3) is 4.85. The molecule has 0 N–H and O–H groups in total. The molecule has 0 atom stereocenters. The van der Waals surface area contributed by atoms with E-state index in [9.17, 15) is 0 Å². The van der Waals surface area contributed by atoms with E-state index in [0.29, 0.717) is 12.5 Å². The van der Waals surface area contributed by atoms with E-state index in [2.05, 4.69) is 62.4 Å². The summed E-state index contributed by atoms with van der Waals surface area (Å²) in [5.74, 6) is 2.31. The molecule has 0 saturated heterocycles. The molecule has 0 amide bonds. The van der Waals surface area contributed by atoms with Gasteiger partial charge >= 0.3 is 0 Å². The molecule has 0 unspecified atom stereocenters. The molecule has 0 aliphatic carbocycles. The van der Waals surface area contributed by atoms with Gasteiger partial charge in [-0.3, -0.25) is 0 Å². The minimum absolute atomic E-state index is 0.654. The van der Waals surface area contributed by atoms with Crippen LogP contribution in [0.5, 0.6) is 11.5 Å². The van der Waals surface area contributed by atoms with Gasteiger partial charge in [0.25, 0.3) is 0 Å². The van der Waals surface area contributed by atoms with E-state index in [4.69, 9.17) is 14.2 Å². The van der Waals surface area contributed by atoms with Crippen LogP contribution in [0.15, 0.2) is 78.9 Å². The summed E-state index contributed by atoms with van der Waals surface area (Å²) in [4.78, 5) is 0. The lowest BCUT2D eigenvalue weighted by Gasteiger charge is -2.36. The molecule has 3 nitrogen and oxygen atoms in total. The van der Waals surface area contributed by atoms with Crippen LogP contribution in [0.2, 0.25) is 0 Å². The average Bonchev–Trinajstić information content (AvgIpc) is 2.80. The molecular formula is C27H32O3. The van der Waals surface area contributed by atoms with Crippen LogP contribution in [0.3, 0.4) is 0 Å². The van der Waals surface area contributed by atoms with Gasteiger partial charge in [0.1, 0.15) is 17.1 Å². The third-order valence-corrected chi connectivity index (χ3v) is 5.42. The number of rotatable bonds is 10. The first-order chi connectivity index (χ1) is 14.6. The van der Waals surface area contributed by atoms with Gasteiger partial charge in [0, 0.05) is 6.61 Å². The van der Waals surface area contributed by atoms with Crippen LogP contribution in [0.1, 0.15) is 43.4 Å². The smallest absolute Gasteiger partial charge is 0.143 e. The van der Waals surface area contributed by atoms with Crippen LogP contribution >= 0.6 is 0 Å². The van der Waals surface area contributed by atoms with Crippen LogP contribution < -0.4 is 9.47 Å². The fraction of sp³-hybridized carbons (Fsp3) is 0.333. The molecule has 3 aromatic rings. The number of hydrogen-bond donors (Lipinski definition) is 0. The van der Waals surface area contributed by atoms with Crippen molar-refractivity contribution in [1.82, 2.24) is 0 Å². The number of benzene rings is 3. The lowest BCUT2D eigenvalue weighted by atomic mass is 9.80. The minimum Gasteiger partial charge on any atom is -0.497 e. The predicted octanol–water partition coefficient (Wildman–Crippen LogP) is 6.45. The lowest BCUT2D eigenvalue weighted by molar-refractivity contribution is 0.00968. The highest BCUT2D eigenvalue weighted by Gasteiger charge is 2.37. The minimum atomic E-state index is -0.712. The van der Waals surface area contributed by atoms with Crippen molar-refractivity contribution in [2.24, 2.45) is 5.92 Å². The summed E-state index contributed by atoms with van der Waals surface area (Å²) >= 11 is 0. The Morgan fingerprint density at radius 2 is 1.13 bits per heavy atom. The maximum atomic E-state index is 6.80. The van der Waals surface area contributed by atoms with E-state index in [1.165, 1.54) is 0 Å². The largest absolute Gasteiger partial charge is 0.497 e. The first-order valence-corrected chi connectivity index (χ1v) is 10.6. The Bertz CT molecular complexity index is 836. The molecule has 3 heteroatoms. The summed E-state index contributed by atoms with van der Waals surface area (Å²) in [6.07, 6.45) is 2.15. The van der Waals surface area contributed by atoms with Crippen molar-refractivity contribution in [2.45, 2.75) is 32.3 Å². The van der Waals surface area contributed by atoms with Gasteiger partial charge in [-0.15, -0.1) is 0 Å². The molecular weight excluding hydrogens is 372 g/mol. The van der Waals surface area contributed by atoms with E-state index in [1.807, 2.05) is 30.3 Å². The zero-order valence-electron chi connectivity index (χ0n) is 18.4. The van der Waals surface area contributed by atoms with Gasteiger partial charge in [-0.1, -0.05) is 68.4 Å². The highest BCUT2D eigenvalue weighted by atomic mass is 16.5. The van der Waals surface area contributed by atoms with Crippen LogP contribution in [0.4, 0.5) is 0 Å². The maximum Gasteiger partial charge on any atom is 0.143 e. The van der Waals surface area contributed by atoms with Gasteiger partial charge in [0.15, 0.2) is 0 Å². The Labute approximate surface area is 180 Å². The van der Waals surface area contributed by atoms with Crippen molar-refractivity contribution in [3.05, 3.63) is 95.6 Å². The SMILES string of the molecule is COc1ccc(C(OCCCC(C)C)(c2ccccc2)c2ccc(OC)cc2)cc1. The van der Waals surface area contributed by atoms with Gasteiger partial charge in [-0.05, 0) is 59.7 Å². The van der Waals surface area contributed by atoms with E-state index in [-0.39, 0.29) is 0 Å². The molecule has 30 heavy (non-hydrogen) atoms. The van der Waals surface area contributed by atoms with Crippen LogP contribution in [0.25, 0.3) is 0 Å². The second-order valence-corrected chi connectivity index (χ2v) is 7.89. The summed E-state index contributed by atoms with van der Waals surface area (Å²) in [6.45, 7) is 5.17. The first-order valence-electron chi connectivity index (χ1n) is 10.6. The molecule has 158 valence electrons. The molecule has 0 aliphatic heterocycles. The Kier molecular flexibility index (Phi) is 7.53. The lowest BCUT2D eigenvalue weighted by Crippen LogP contribution is -2.33. The van der Waals surface area contributed by atoms with Gasteiger partial charge in [0.2, 0.25) is 0 Å². The second kappa shape index (κ2) is 10.3. The number of methoxy groups -OCH3 is 2. The topological polar surface area (TPSA) is 27.7 Å². The molecule has 0 radical (unpaired) electrons. The Balaban J connectivity index is 2.13. The molecule has 0 fully saturated rings. The molecule has 0 bridgehead atoms. The Morgan fingerprint density at radius 3 is 1.57 bits per heavy atom. The summed E-state index contributed by atoms with van der Waals surface area (Å²) in [5.41, 5.74) is 2.54. The van der Waals surface area contributed by atoms with E-state index in [0.717, 1.165) is 41.0 Å². The summed E-state index contributed by atoms with van der Waals surface area (Å²) in [6, 6.07) is 26.8. The number of hydrogen-bond acceptors (Lipinski definition) is 3. The Hall–Kier alpha value is -2.78. The summed E-state index contributed by atoms with van der Waals surface area (Å²) in [5, 5.41) is 0. The van der Waals surface area contributed by atoms with Gasteiger partial charge in [-0.2, -0.15) is 0 Å². The van der Waals surface area contributed by atoms with E-state index >= 15 is 0 Å². The molecule has 0 heterocycles. The molecule has 3 rings (SSSR count). The highest BCUT2D eigenvalue weighted by molar-refractivity contribution is 5.49. The molecule has 0 aliphatic rings. The maximum absolute atomic E-state index is 6.80. The molecule has 0 spiro atoms. The third-order valence-electron chi connectivity index (χ3n) is 5.42. The molecule has 3 aromatic carbocycles. The zero-order chi connectivity index (χ0) is 21.4. The predicted molar refractivity (Wildman–Crippen MR) is 122 cm³/mol. The summed E-state index contributed by atoms with van der Waals surface area (Å²) in [7, 11) is 3.37. The van der Waals surface area contributed by atoms with Crippen LogP contribution in [0, 0.1) is 5.92 Å². The fourth-order valence-electron chi connectivity index (χ4n) is 3.79. The quantitative estimate of drug-likeness (QED) is 0.287. The zero-order valence-corrected chi connectivity index (χ0v) is 18.4. The van der Waals surface area contributed by atoms with Gasteiger partial charge in [0.05, 0.1) is 14.2 Å². The monoisotopic (exact) mass is 404 g/mol. The van der Waals surface area contributed by atoms with Crippen LogP contribution in [-0.2, 0) is 10.3 Å². The standard InChI is InChI=1S/C27H32O3/c1-21(2)9-8-20-30-27(22-10-6-5-7-11-22,23-12-16-25(28-3)17-13-23)24-14-18-26(29-4)19-15-24/h5-7,10-19,21H,8-9,20H2,1-4H3. The van der Waals surface area contributed by atoms with Crippen molar-refractivity contribution in [1.29, 1.82) is 0 Å². The summed E-state index contributed by atoms with van der Waals surface area (Å²) < 4.78 is 17.6. The van der Waals surface area contributed by atoms with Gasteiger partial charge < -0.3 is 14.2 Å². The highest BCUT2D eigenvalue weighted by Crippen LogP contribution is 2.41. The first kappa shape index (κ1) is 21.9. The normalized spacial score (nSPS) is 11.5.